The van der Waals surface area contributed by atoms with Gasteiger partial charge < -0.3 is 10.1 Å². The predicted octanol–water partition coefficient (Wildman–Crippen LogP) is 5.65. The Bertz CT molecular complexity index is 1380. The van der Waals surface area contributed by atoms with Crippen molar-refractivity contribution in [3.8, 4) is 17.1 Å². The smallest absolute Gasteiger partial charge is 0.145 e. The van der Waals surface area contributed by atoms with Crippen LogP contribution in [-0.4, -0.2) is 14.5 Å². The Morgan fingerprint density at radius 3 is 2.58 bits per heavy atom. The number of benzene rings is 3. The summed E-state index contributed by atoms with van der Waals surface area (Å²) in [5.41, 5.74) is 6.18. The van der Waals surface area contributed by atoms with Crippen LogP contribution in [-0.2, 0) is 6.61 Å². The maximum atomic E-state index is 6.23. The third-order valence-corrected chi connectivity index (χ3v) is 5.63. The number of pyridine rings is 1. The molecule has 6 rings (SSSR count). The zero-order valence-electron chi connectivity index (χ0n) is 16.8. The van der Waals surface area contributed by atoms with Gasteiger partial charge in [0.25, 0.3) is 0 Å². The van der Waals surface area contributed by atoms with E-state index in [1.54, 1.807) is 6.20 Å². The minimum Gasteiger partial charge on any atom is -0.487 e. The van der Waals surface area contributed by atoms with Crippen LogP contribution in [0, 0.1) is 0 Å². The van der Waals surface area contributed by atoms with Crippen LogP contribution >= 0.6 is 0 Å². The largest absolute Gasteiger partial charge is 0.487 e. The first kappa shape index (κ1) is 17.7. The third kappa shape index (κ3) is 3.02. The second-order valence-electron chi connectivity index (χ2n) is 7.53. The molecule has 0 unspecified atom stereocenters. The lowest BCUT2D eigenvalue weighted by Crippen LogP contribution is -2.25. The van der Waals surface area contributed by atoms with Crippen molar-refractivity contribution in [1.82, 2.24) is 14.5 Å². The first-order valence-corrected chi connectivity index (χ1v) is 10.3. The van der Waals surface area contributed by atoms with E-state index in [4.69, 9.17) is 9.72 Å². The molecule has 3 heterocycles. The molecule has 5 aromatic rings. The number of nitrogens with zero attached hydrogens (tertiary/aromatic N) is 3. The highest BCUT2D eigenvalue weighted by Gasteiger charge is 2.29. The van der Waals surface area contributed by atoms with E-state index >= 15 is 0 Å². The number of ether oxygens (including phenoxy) is 1. The summed E-state index contributed by atoms with van der Waals surface area (Å²) in [4.78, 5) is 9.34. The Labute approximate surface area is 180 Å². The maximum Gasteiger partial charge on any atom is 0.145 e. The van der Waals surface area contributed by atoms with Crippen molar-refractivity contribution in [2.45, 2.75) is 12.8 Å². The van der Waals surface area contributed by atoms with Crippen molar-refractivity contribution < 1.29 is 4.74 Å². The van der Waals surface area contributed by atoms with Crippen molar-refractivity contribution in [1.29, 1.82) is 0 Å². The molecule has 150 valence electrons. The molecule has 0 radical (unpaired) electrons. The zero-order chi connectivity index (χ0) is 20.6. The molecular formula is C26H20N4O. The number of nitrogens with one attached hydrogen (secondary N) is 1. The van der Waals surface area contributed by atoms with E-state index in [0.29, 0.717) is 6.61 Å². The van der Waals surface area contributed by atoms with Gasteiger partial charge in [0.1, 0.15) is 24.3 Å². The lowest BCUT2D eigenvalue weighted by atomic mass is 10.0. The van der Waals surface area contributed by atoms with E-state index in [1.165, 1.54) is 0 Å². The standard InChI is InChI=1S/C26H20N4O/c1-3-12-21-19(10-1)25-29-22-13-4-5-14-23(22)30(25)26(28-21)20-11-2-6-15-24(20)31-17-18-9-7-8-16-27-18/h1-16,26,28H,17H2/t26-/m1/s1. The number of fused-ring (bicyclic) bond motifs is 5. The van der Waals surface area contributed by atoms with E-state index < -0.39 is 0 Å². The summed E-state index contributed by atoms with van der Waals surface area (Å²) in [7, 11) is 0. The summed E-state index contributed by atoms with van der Waals surface area (Å²) in [6.07, 6.45) is 1.64. The summed E-state index contributed by atoms with van der Waals surface area (Å²) in [5, 5.41) is 3.71. The molecule has 0 aliphatic carbocycles. The van der Waals surface area contributed by atoms with Gasteiger partial charge in [0, 0.05) is 23.0 Å². The van der Waals surface area contributed by atoms with Crippen LogP contribution in [0.5, 0.6) is 5.75 Å². The SMILES string of the molecule is c1ccc(COc2ccccc2[C@@H]2Nc3ccccc3-c3nc4ccccc4n32)nc1. The average Bonchev–Trinajstić information content (AvgIpc) is 3.23. The first-order valence-electron chi connectivity index (χ1n) is 10.3. The molecular weight excluding hydrogens is 384 g/mol. The molecule has 1 atom stereocenters. The van der Waals surface area contributed by atoms with E-state index in [1.807, 2.05) is 48.5 Å². The molecule has 0 spiro atoms. The van der Waals surface area contributed by atoms with Gasteiger partial charge in [-0.05, 0) is 42.5 Å². The van der Waals surface area contributed by atoms with Crippen molar-refractivity contribution in [3.05, 3.63) is 108 Å². The zero-order valence-corrected chi connectivity index (χ0v) is 16.8. The van der Waals surface area contributed by atoms with Gasteiger partial charge in [0.2, 0.25) is 0 Å². The molecule has 31 heavy (non-hydrogen) atoms. The number of anilines is 1. The van der Waals surface area contributed by atoms with E-state index in [-0.39, 0.29) is 6.17 Å². The molecule has 2 aromatic heterocycles. The molecule has 0 fully saturated rings. The Morgan fingerprint density at radius 1 is 0.839 bits per heavy atom. The molecule has 0 bridgehead atoms. The van der Waals surface area contributed by atoms with Gasteiger partial charge in [-0.1, -0.05) is 48.5 Å². The maximum absolute atomic E-state index is 6.23. The van der Waals surface area contributed by atoms with Crippen LogP contribution in [0.1, 0.15) is 17.4 Å². The lowest BCUT2D eigenvalue weighted by molar-refractivity contribution is 0.296. The fraction of sp³-hybridized carbons (Fsp3) is 0.0769. The predicted molar refractivity (Wildman–Crippen MR) is 122 cm³/mol. The van der Waals surface area contributed by atoms with E-state index in [0.717, 1.165) is 45.1 Å². The van der Waals surface area contributed by atoms with Crippen molar-refractivity contribution >= 4 is 16.7 Å². The minimum atomic E-state index is -0.141. The summed E-state index contributed by atoms with van der Waals surface area (Å²) >= 11 is 0. The fourth-order valence-corrected chi connectivity index (χ4v) is 4.20. The molecule has 3 aromatic carbocycles. The highest BCUT2D eigenvalue weighted by molar-refractivity contribution is 5.86. The molecule has 5 nitrogen and oxygen atoms in total. The van der Waals surface area contributed by atoms with Gasteiger partial charge in [-0.15, -0.1) is 0 Å². The van der Waals surface area contributed by atoms with Gasteiger partial charge >= 0.3 is 0 Å². The highest BCUT2D eigenvalue weighted by atomic mass is 16.5. The Balaban J connectivity index is 1.48. The van der Waals surface area contributed by atoms with Crippen molar-refractivity contribution in [3.63, 3.8) is 0 Å². The molecule has 1 aliphatic heterocycles. The summed E-state index contributed by atoms with van der Waals surface area (Å²) < 4.78 is 8.50. The normalized spacial score (nSPS) is 14.5. The number of rotatable bonds is 4. The third-order valence-electron chi connectivity index (χ3n) is 5.63. The molecule has 1 aliphatic rings. The monoisotopic (exact) mass is 404 g/mol. The molecule has 0 saturated heterocycles. The first-order chi connectivity index (χ1) is 15.4. The van der Waals surface area contributed by atoms with Crippen molar-refractivity contribution in [2.75, 3.05) is 5.32 Å². The Hall–Kier alpha value is -4.12. The van der Waals surface area contributed by atoms with Crippen LogP contribution in [0.3, 0.4) is 0 Å². The molecule has 1 N–H and O–H groups in total. The van der Waals surface area contributed by atoms with Gasteiger partial charge in [-0.25, -0.2) is 4.98 Å². The van der Waals surface area contributed by atoms with E-state index in [2.05, 4.69) is 57.3 Å². The molecule has 5 heteroatoms. The van der Waals surface area contributed by atoms with Gasteiger partial charge in [0.05, 0.1) is 16.7 Å². The van der Waals surface area contributed by atoms with Gasteiger partial charge in [0.15, 0.2) is 0 Å². The minimum absolute atomic E-state index is 0.141. The number of para-hydroxylation sites is 4. The molecule has 0 saturated carbocycles. The quantitative estimate of drug-likeness (QED) is 0.421. The Morgan fingerprint density at radius 2 is 1.65 bits per heavy atom. The Kier molecular flexibility index (Phi) is 4.17. The lowest BCUT2D eigenvalue weighted by Gasteiger charge is -2.31. The summed E-state index contributed by atoms with van der Waals surface area (Å²) in [6, 6.07) is 30.6. The van der Waals surface area contributed by atoms with Crippen LogP contribution in [0.2, 0.25) is 0 Å². The average molecular weight is 404 g/mol. The number of aromatic nitrogens is 3. The fourth-order valence-electron chi connectivity index (χ4n) is 4.20. The summed E-state index contributed by atoms with van der Waals surface area (Å²) in [6.45, 7) is 0.415. The second kappa shape index (κ2) is 7.29. The van der Waals surface area contributed by atoms with Crippen LogP contribution < -0.4 is 10.1 Å². The topological polar surface area (TPSA) is 52.0 Å². The van der Waals surface area contributed by atoms with Gasteiger partial charge in [-0.3, -0.25) is 9.55 Å². The summed E-state index contributed by atoms with van der Waals surface area (Å²) in [5.74, 6) is 1.79. The van der Waals surface area contributed by atoms with E-state index in [9.17, 15) is 0 Å². The van der Waals surface area contributed by atoms with Crippen LogP contribution in [0.15, 0.2) is 97.2 Å². The number of imidazole rings is 1. The number of hydrogen-bond acceptors (Lipinski definition) is 4. The van der Waals surface area contributed by atoms with Gasteiger partial charge in [-0.2, -0.15) is 0 Å². The van der Waals surface area contributed by atoms with Crippen LogP contribution in [0.4, 0.5) is 5.69 Å². The molecule has 0 amide bonds. The number of hydrogen-bond donors (Lipinski definition) is 1. The van der Waals surface area contributed by atoms with Crippen molar-refractivity contribution in [2.24, 2.45) is 0 Å². The second-order valence-corrected chi connectivity index (χ2v) is 7.53. The van der Waals surface area contributed by atoms with Crippen LogP contribution in [0.25, 0.3) is 22.4 Å². The highest BCUT2D eigenvalue weighted by Crippen LogP contribution is 2.42.